The summed E-state index contributed by atoms with van der Waals surface area (Å²) in [5.74, 6) is 0.197. The molecule has 1 aromatic carbocycles. The van der Waals surface area contributed by atoms with Gasteiger partial charge in [0.1, 0.15) is 0 Å². The summed E-state index contributed by atoms with van der Waals surface area (Å²) in [5, 5.41) is 3.62. The second-order valence-electron chi connectivity index (χ2n) is 4.73. The van der Waals surface area contributed by atoms with Gasteiger partial charge in [-0.1, -0.05) is 22.9 Å². The van der Waals surface area contributed by atoms with Crippen LogP contribution in [-0.2, 0) is 6.18 Å². The molecule has 0 spiro atoms. The van der Waals surface area contributed by atoms with Crippen molar-refractivity contribution >= 4 is 21.8 Å². The Hall–Kier alpha value is -1.04. The lowest BCUT2D eigenvalue weighted by Gasteiger charge is -2.09. The maximum absolute atomic E-state index is 12.4. The number of benzene rings is 1. The molecule has 0 fully saturated rings. The summed E-state index contributed by atoms with van der Waals surface area (Å²) in [6.07, 6.45) is -2.54. The lowest BCUT2D eigenvalue weighted by molar-refractivity contribution is -0.137. The number of hydrogen-bond donors (Lipinski definition) is 1. The molecule has 0 radical (unpaired) electrons. The number of carbonyl (C=O) groups excluding carboxylic acids is 1. The van der Waals surface area contributed by atoms with E-state index in [0.717, 1.165) is 30.3 Å². The molecule has 0 aliphatic rings. The SMILES string of the molecule is CC(CBr)CCCNC(=O)c1ccc(C(F)(F)F)cc1. The van der Waals surface area contributed by atoms with Crippen molar-refractivity contribution in [3.8, 4) is 0 Å². The number of hydrogen-bond acceptors (Lipinski definition) is 1. The summed E-state index contributed by atoms with van der Waals surface area (Å²) in [6, 6.07) is 4.22. The van der Waals surface area contributed by atoms with Gasteiger partial charge in [-0.25, -0.2) is 0 Å². The topological polar surface area (TPSA) is 29.1 Å². The first-order valence-electron chi connectivity index (χ1n) is 6.36. The van der Waals surface area contributed by atoms with Gasteiger partial charge in [0.25, 0.3) is 5.91 Å². The third kappa shape index (κ3) is 5.53. The van der Waals surface area contributed by atoms with Crippen LogP contribution in [0.3, 0.4) is 0 Å². The van der Waals surface area contributed by atoms with Crippen LogP contribution in [0.15, 0.2) is 24.3 Å². The fourth-order valence-corrected chi connectivity index (χ4v) is 1.97. The number of amides is 1. The minimum Gasteiger partial charge on any atom is -0.352 e. The highest BCUT2D eigenvalue weighted by Gasteiger charge is 2.30. The first-order chi connectivity index (χ1) is 9.34. The maximum atomic E-state index is 12.4. The van der Waals surface area contributed by atoms with Crippen molar-refractivity contribution in [2.75, 3.05) is 11.9 Å². The fraction of sp³-hybridized carbons (Fsp3) is 0.500. The minimum atomic E-state index is -4.37. The van der Waals surface area contributed by atoms with Crippen LogP contribution in [0.4, 0.5) is 13.2 Å². The van der Waals surface area contributed by atoms with E-state index in [1.54, 1.807) is 0 Å². The molecule has 1 atom stereocenters. The molecule has 0 saturated carbocycles. The molecule has 0 saturated heterocycles. The van der Waals surface area contributed by atoms with Crippen LogP contribution in [0.5, 0.6) is 0 Å². The Morgan fingerprint density at radius 3 is 2.40 bits per heavy atom. The second kappa shape index (κ2) is 7.67. The van der Waals surface area contributed by atoms with E-state index in [9.17, 15) is 18.0 Å². The van der Waals surface area contributed by atoms with E-state index in [0.29, 0.717) is 12.5 Å². The van der Waals surface area contributed by atoms with Crippen molar-refractivity contribution in [2.24, 2.45) is 5.92 Å². The lowest BCUT2D eigenvalue weighted by atomic mass is 10.1. The molecule has 0 heterocycles. The number of halogens is 4. The predicted molar refractivity (Wildman–Crippen MR) is 76.0 cm³/mol. The summed E-state index contributed by atoms with van der Waals surface area (Å²) in [5.41, 5.74) is -0.508. The molecule has 0 aromatic heterocycles. The summed E-state index contributed by atoms with van der Waals surface area (Å²) in [4.78, 5) is 11.7. The quantitative estimate of drug-likeness (QED) is 0.602. The minimum absolute atomic E-state index is 0.242. The van der Waals surface area contributed by atoms with E-state index in [1.807, 2.05) is 0 Å². The zero-order chi connectivity index (χ0) is 15.2. The molecular formula is C14H17BrF3NO. The summed E-state index contributed by atoms with van der Waals surface area (Å²) in [7, 11) is 0. The molecular weight excluding hydrogens is 335 g/mol. The Morgan fingerprint density at radius 1 is 1.30 bits per heavy atom. The van der Waals surface area contributed by atoms with Gasteiger partial charge in [-0.15, -0.1) is 0 Å². The van der Waals surface area contributed by atoms with Crippen molar-refractivity contribution in [2.45, 2.75) is 25.9 Å². The van der Waals surface area contributed by atoms with E-state index >= 15 is 0 Å². The number of nitrogens with one attached hydrogen (secondary N) is 1. The Balaban J connectivity index is 2.44. The molecule has 112 valence electrons. The predicted octanol–water partition coefficient (Wildman–Crippen LogP) is 4.25. The summed E-state index contributed by atoms with van der Waals surface area (Å²) >= 11 is 3.38. The Morgan fingerprint density at radius 2 is 1.90 bits per heavy atom. The number of rotatable bonds is 6. The van der Waals surface area contributed by atoms with Gasteiger partial charge < -0.3 is 5.32 Å². The Kier molecular flexibility index (Phi) is 6.52. The molecule has 0 bridgehead atoms. The van der Waals surface area contributed by atoms with Gasteiger partial charge in [0.05, 0.1) is 5.56 Å². The third-order valence-electron chi connectivity index (χ3n) is 2.90. The van der Waals surface area contributed by atoms with Crippen molar-refractivity contribution in [1.82, 2.24) is 5.32 Å². The normalized spacial score (nSPS) is 13.1. The van der Waals surface area contributed by atoms with Crippen LogP contribution in [0, 0.1) is 5.92 Å². The van der Waals surface area contributed by atoms with Crippen LogP contribution < -0.4 is 5.32 Å². The first-order valence-corrected chi connectivity index (χ1v) is 7.48. The molecule has 0 aliphatic heterocycles. The van der Waals surface area contributed by atoms with E-state index in [1.165, 1.54) is 12.1 Å². The van der Waals surface area contributed by atoms with Crippen LogP contribution in [0.25, 0.3) is 0 Å². The van der Waals surface area contributed by atoms with Crippen LogP contribution in [-0.4, -0.2) is 17.8 Å². The van der Waals surface area contributed by atoms with E-state index in [-0.39, 0.29) is 11.5 Å². The van der Waals surface area contributed by atoms with E-state index in [2.05, 4.69) is 28.2 Å². The van der Waals surface area contributed by atoms with Gasteiger partial charge in [-0.3, -0.25) is 4.79 Å². The van der Waals surface area contributed by atoms with Crippen molar-refractivity contribution in [3.63, 3.8) is 0 Å². The standard InChI is InChI=1S/C14H17BrF3NO/c1-10(9-15)3-2-8-19-13(20)11-4-6-12(7-5-11)14(16,17)18/h4-7,10H,2-3,8-9H2,1H3,(H,19,20). The number of alkyl halides is 4. The molecule has 20 heavy (non-hydrogen) atoms. The molecule has 0 aliphatic carbocycles. The number of carbonyl (C=O) groups is 1. The Bertz CT molecular complexity index is 431. The van der Waals surface area contributed by atoms with E-state index in [4.69, 9.17) is 0 Å². The molecule has 1 N–H and O–H groups in total. The highest BCUT2D eigenvalue weighted by Crippen LogP contribution is 2.29. The third-order valence-corrected chi connectivity index (χ3v) is 4.00. The molecule has 2 nitrogen and oxygen atoms in total. The zero-order valence-electron chi connectivity index (χ0n) is 11.1. The maximum Gasteiger partial charge on any atom is 0.416 e. The first kappa shape index (κ1) is 17.0. The van der Waals surface area contributed by atoms with Gasteiger partial charge in [0.2, 0.25) is 0 Å². The highest BCUT2D eigenvalue weighted by molar-refractivity contribution is 9.09. The van der Waals surface area contributed by atoms with Crippen molar-refractivity contribution in [3.05, 3.63) is 35.4 Å². The van der Waals surface area contributed by atoms with Crippen LogP contribution in [0.2, 0.25) is 0 Å². The molecule has 6 heteroatoms. The summed E-state index contributed by atoms with van der Waals surface area (Å²) < 4.78 is 37.1. The Labute approximate surface area is 124 Å². The lowest BCUT2D eigenvalue weighted by Crippen LogP contribution is -2.24. The average molecular weight is 352 g/mol. The van der Waals surface area contributed by atoms with Gasteiger partial charge in [-0.05, 0) is 43.0 Å². The monoisotopic (exact) mass is 351 g/mol. The van der Waals surface area contributed by atoms with E-state index < -0.39 is 11.7 Å². The van der Waals surface area contributed by atoms with Crippen LogP contribution >= 0.6 is 15.9 Å². The van der Waals surface area contributed by atoms with Crippen molar-refractivity contribution in [1.29, 1.82) is 0 Å². The average Bonchev–Trinajstić information content (AvgIpc) is 2.42. The molecule has 1 unspecified atom stereocenters. The van der Waals surface area contributed by atoms with Gasteiger partial charge in [0.15, 0.2) is 0 Å². The molecule has 1 amide bonds. The highest BCUT2D eigenvalue weighted by atomic mass is 79.9. The second-order valence-corrected chi connectivity index (χ2v) is 5.38. The van der Waals surface area contributed by atoms with Crippen molar-refractivity contribution < 1.29 is 18.0 Å². The van der Waals surface area contributed by atoms with Gasteiger partial charge >= 0.3 is 6.18 Å². The van der Waals surface area contributed by atoms with Gasteiger partial charge in [0, 0.05) is 17.4 Å². The van der Waals surface area contributed by atoms with Crippen LogP contribution in [0.1, 0.15) is 35.7 Å². The molecule has 1 aromatic rings. The zero-order valence-corrected chi connectivity index (χ0v) is 12.7. The molecule has 1 rings (SSSR count). The largest absolute Gasteiger partial charge is 0.416 e. The summed E-state index contributed by atoms with van der Waals surface area (Å²) in [6.45, 7) is 2.63. The fourth-order valence-electron chi connectivity index (χ4n) is 1.64. The smallest absolute Gasteiger partial charge is 0.352 e. The van der Waals surface area contributed by atoms with Gasteiger partial charge in [-0.2, -0.15) is 13.2 Å².